The van der Waals surface area contributed by atoms with Crippen LogP contribution in [0.5, 0.6) is 5.75 Å². The van der Waals surface area contributed by atoms with Gasteiger partial charge >= 0.3 is 0 Å². The first kappa shape index (κ1) is 34.7. The van der Waals surface area contributed by atoms with E-state index in [1.54, 1.807) is 11.3 Å². The molecule has 6 aromatic carbocycles. The van der Waals surface area contributed by atoms with Gasteiger partial charge in [-0.25, -0.2) is 24.9 Å². The lowest BCUT2D eigenvalue weighted by molar-refractivity contribution is 0.256. The Kier molecular flexibility index (Phi) is 9.49. The molecule has 3 heterocycles. The second-order valence-electron chi connectivity index (χ2n) is 13.4. The maximum absolute atomic E-state index is 6.79. The lowest BCUT2D eigenvalue weighted by Crippen LogP contribution is -2.28. The fourth-order valence-corrected chi connectivity index (χ4v) is 7.89. The SMILES string of the molecule is C=CC(C(N=Cc1cccc(-c2ccccc2)c1)=Nc1csc2ccccc12)C1Oc2cccc(-c3nc(-c4ccccc4)nc(-c4ccccc4)n3)c2C1=C. The maximum atomic E-state index is 6.79. The molecule has 0 N–H and O–H groups in total. The number of hydrogen-bond acceptors (Lipinski definition) is 6. The fraction of sp³-hybridized carbons (Fsp3) is 0.0408. The molecule has 0 bridgehead atoms. The van der Waals surface area contributed by atoms with E-state index in [1.165, 1.54) is 0 Å². The topological polar surface area (TPSA) is 72.6 Å². The van der Waals surface area contributed by atoms with E-state index < -0.39 is 12.0 Å². The molecule has 268 valence electrons. The summed E-state index contributed by atoms with van der Waals surface area (Å²) in [5.41, 5.74) is 8.25. The number of hydrogen-bond donors (Lipinski definition) is 0. The zero-order chi connectivity index (χ0) is 37.8. The van der Waals surface area contributed by atoms with Crippen molar-refractivity contribution in [2.24, 2.45) is 15.9 Å². The summed E-state index contributed by atoms with van der Waals surface area (Å²) in [6.45, 7) is 8.93. The van der Waals surface area contributed by atoms with Crippen molar-refractivity contribution in [2.75, 3.05) is 0 Å². The highest BCUT2D eigenvalue weighted by molar-refractivity contribution is 7.17. The van der Waals surface area contributed by atoms with Crippen LogP contribution in [-0.2, 0) is 0 Å². The van der Waals surface area contributed by atoms with Crippen LogP contribution in [0.3, 0.4) is 0 Å². The molecule has 8 aromatic rings. The van der Waals surface area contributed by atoms with Gasteiger partial charge in [-0.1, -0.05) is 152 Å². The zero-order valence-electron chi connectivity index (χ0n) is 30.4. The molecular formula is C49H35N5OS. The summed E-state index contributed by atoms with van der Waals surface area (Å²) in [6, 6.07) is 52.8. The van der Waals surface area contributed by atoms with Crippen LogP contribution in [0, 0.1) is 5.92 Å². The van der Waals surface area contributed by atoms with Gasteiger partial charge in [-0.3, -0.25) is 0 Å². The molecule has 9 rings (SSSR count). The van der Waals surface area contributed by atoms with E-state index in [1.807, 2.05) is 134 Å². The quantitative estimate of drug-likeness (QED) is 0.0839. The minimum atomic E-state index is -0.538. The Hall–Kier alpha value is -7.09. The normalized spacial score (nSPS) is 14.5. The molecule has 56 heavy (non-hydrogen) atoms. The van der Waals surface area contributed by atoms with Crippen LogP contribution in [0.15, 0.2) is 192 Å². The molecular weight excluding hydrogens is 707 g/mol. The Morgan fingerprint density at radius 2 is 1.27 bits per heavy atom. The molecule has 1 aliphatic heterocycles. The Labute approximate surface area is 329 Å². The molecule has 6 nitrogen and oxygen atoms in total. The van der Waals surface area contributed by atoms with Gasteiger partial charge in [0.25, 0.3) is 0 Å². The number of rotatable bonds is 9. The van der Waals surface area contributed by atoms with Crippen molar-refractivity contribution >= 4 is 44.7 Å². The molecule has 2 aromatic heterocycles. The number of aromatic nitrogens is 3. The Bertz CT molecular complexity index is 2720. The molecule has 2 atom stereocenters. The van der Waals surface area contributed by atoms with E-state index in [0.29, 0.717) is 29.1 Å². The van der Waals surface area contributed by atoms with Crippen LogP contribution in [0.25, 0.3) is 60.9 Å². The zero-order valence-corrected chi connectivity index (χ0v) is 31.2. The number of ether oxygens (including phenoxy) is 1. The second kappa shape index (κ2) is 15.3. The van der Waals surface area contributed by atoms with Gasteiger partial charge in [-0.15, -0.1) is 17.9 Å². The molecule has 0 aliphatic carbocycles. The summed E-state index contributed by atoms with van der Waals surface area (Å²) < 4.78 is 7.94. The molecule has 0 amide bonds. The predicted molar refractivity (Wildman–Crippen MR) is 232 cm³/mol. The number of aliphatic imine (C=N–C) groups is 2. The van der Waals surface area contributed by atoms with Gasteiger partial charge in [0.05, 0.1) is 11.6 Å². The molecule has 7 heteroatoms. The highest BCUT2D eigenvalue weighted by atomic mass is 32.1. The van der Waals surface area contributed by atoms with Gasteiger partial charge in [0.2, 0.25) is 0 Å². The second-order valence-corrected chi connectivity index (χ2v) is 14.3. The average molecular weight is 742 g/mol. The van der Waals surface area contributed by atoms with Crippen molar-refractivity contribution in [3.05, 3.63) is 193 Å². The number of thiophene rings is 1. The van der Waals surface area contributed by atoms with Crippen molar-refractivity contribution in [1.82, 2.24) is 15.0 Å². The van der Waals surface area contributed by atoms with Gasteiger partial charge in [0.15, 0.2) is 17.5 Å². The van der Waals surface area contributed by atoms with Crippen molar-refractivity contribution in [1.29, 1.82) is 0 Å². The fourth-order valence-electron chi connectivity index (χ4n) is 7.01. The molecule has 1 aliphatic rings. The average Bonchev–Trinajstić information content (AvgIpc) is 3.84. The first-order chi connectivity index (χ1) is 27.6. The first-order valence-electron chi connectivity index (χ1n) is 18.4. The first-order valence-corrected chi connectivity index (χ1v) is 19.2. The van der Waals surface area contributed by atoms with Gasteiger partial charge in [-0.2, -0.15) is 0 Å². The van der Waals surface area contributed by atoms with Crippen LogP contribution in [-0.4, -0.2) is 33.1 Å². The van der Waals surface area contributed by atoms with Gasteiger partial charge < -0.3 is 4.74 Å². The smallest absolute Gasteiger partial charge is 0.164 e. The van der Waals surface area contributed by atoms with Crippen LogP contribution >= 0.6 is 11.3 Å². The number of benzene rings is 6. The molecule has 2 unspecified atom stereocenters. The molecule has 0 saturated carbocycles. The third-order valence-corrected chi connectivity index (χ3v) is 10.7. The van der Waals surface area contributed by atoms with E-state index in [0.717, 1.165) is 60.3 Å². The van der Waals surface area contributed by atoms with Crippen LogP contribution in [0.2, 0.25) is 0 Å². The van der Waals surface area contributed by atoms with Crippen LogP contribution < -0.4 is 4.74 Å². The van der Waals surface area contributed by atoms with E-state index in [-0.39, 0.29) is 0 Å². The summed E-state index contributed by atoms with van der Waals surface area (Å²) in [6.07, 6.45) is 3.19. The Morgan fingerprint density at radius 1 is 0.661 bits per heavy atom. The number of fused-ring (bicyclic) bond motifs is 2. The Balaban J connectivity index is 1.12. The third-order valence-electron chi connectivity index (χ3n) is 9.80. The minimum Gasteiger partial charge on any atom is -0.484 e. The maximum Gasteiger partial charge on any atom is 0.164 e. The van der Waals surface area contributed by atoms with Crippen LogP contribution in [0.1, 0.15) is 11.1 Å². The number of nitrogens with zero attached hydrogens (tertiary/aromatic N) is 5. The lowest BCUT2D eigenvalue weighted by atomic mass is 9.90. The summed E-state index contributed by atoms with van der Waals surface area (Å²) in [5.74, 6) is 2.50. The molecule has 0 radical (unpaired) electrons. The molecule has 0 saturated heterocycles. The van der Waals surface area contributed by atoms with Gasteiger partial charge in [0, 0.05) is 43.9 Å². The van der Waals surface area contributed by atoms with Crippen molar-refractivity contribution < 1.29 is 4.74 Å². The summed E-state index contributed by atoms with van der Waals surface area (Å²) in [5, 5.41) is 3.14. The largest absolute Gasteiger partial charge is 0.484 e. The third kappa shape index (κ3) is 6.88. The van der Waals surface area contributed by atoms with Crippen molar-refractivity contribution in [3.8, 4) is 51.0 Å². The molecule has 0 fully saturated rings. The van der Waals surface area contributed by atoms with Gasteiger partial charge in [0.1, 0.15) is 17.7 Å². The monoisotopic (exact) mass is 741 g/mol. The van der Waals surface area contributed by atoms with E-state index in [9.17, 15) is 0 Å². The summed E-state index contributed by atoms with van der Waals surface area (Å²) in [4.78, 5) is 25.3. The van der Waals surface area contributed by atoms with E-state index in [2.05, 4.69) is 54.9 Å². The van der Waals surface area contributed by atoms with E-state index >= 15 is 0 Å². The highest BCUT2D eigenvalue weighted by Gasteiger charge is 2.37. The number of amidine groups is 1. The van der Waals surface area contributed by atoms with Crippen LogP contribution in [0.4, 0.5) is 5.69 Å². The van der Waals surface area contributed by atoms with Crippen molar-refractivity contribution in [2.45, 2.75) is 6.10 Å². The summed E-state index contributed by atoms with van der Waals surface area (Å²) >= 11 is 1.66. The summed E-state index contributed by atoms with van der Waals surface area (Å²) in [7, 11) is 0. The van der Waals surface area contributed by atoms with E-state index in [4.69, 9.17) is 29.7 Å². The van der Waals surface area contributed by atoms with Crippen molar-refractivity contribution in [3.63, 3.8) is 0 Å². The Morgan fingerprint density at radius 3 is 1.96 bits per heavy atom. The minimum absolute atomic E-state index is 0.451. The predicted octanol–water partition coefficient (Wildman–Crippen LogP) is 12.2. The molecule has 0 spiro atoms. The lowest BCUT2D eigenvalue weighted by Gasteiger charge is -2.21. The standard InChI is InChI=1S/C49H35N5OS/c1-3-38(48(51-41-31-56-43-28-14-13-25-39(41)43)50-30-33-17-15-24-37(29-33)34-18-7-4-8-19-34)45-32(2)44-40(26-16-27-42(44)55-45)49-53-46(35-20-9-5-10-21-35)52-47(54-49)36-22-11-6-12-23-36/h3-31,38,45H,1-2H2. The van der Waals surface area contributed by atoms with Gasteiger partial charge in [-0.05, 0) is 40.5 Å². The highest BCUT2D eigenvalue weighted by Crippen LogP contribution is 2.45.